The van der Waals surface area contributed by atoms with Gasteiger partial charge in [0.15, 0.2) is 8.46 Å². The van der Waals surface area contributed by atoms with Crippen LogP contribution < -0.4 is 10.1 Å². The van der Waals surface area contributed by atoms with Crippen LogP contribution in [-0.4, -0.2) is 23.1 Å². The van der Waals surface area contributed by atoms with E-state index in [1.54, 1.807) is 26.0 Å². The molecule has 0 aliphatic carbocycles. The average Bonchev–Trinajstić information content (AvgIpc) is 2.72. The van der Waals surface area contributed by atoms with Crippen LogP contribution in [0.5, 0.6) is 5.75 Å². The monoisotopic (exact) mass is 291 g/mol. The highest BCUT2D eigenvalue weighted by Gasteiger charge is 2.32. The van der Waals surface area contributed by atoms with Gasteiger partial charge in [-0.1, -0.05) is 6.58 Å². The van der Waals surface area contributed by atoms with Crippen molar-refractivity contribution in [2.45, 2.75) is 25.1 Å². The van der Waals surface area contributed by atoms with Gasteiger partial charge in [0.05, 0.1) is 16.8 Å². The fourth-order valence-electron chi connectivity index (χ4n) is 1.87. The van der Waals surface area contributed by atoms with Crippen LogP contribution in [0.1, 0.15) is 34.6 Å². The van der Waals surface area contributed by atoms with Gasteiger partial charge in [0.2, 0.25) is 0 Å². The third-order valence-electron chi connectivity index (χ3n) is 3.44. The van der Waals surface area contributed by atoms with E-state index in [4.69, 9.17) is 4.74 Å². The zero-order valence-corrected chi connectivity index (χ0v) is 12.1. The molecule has 1 aromatic carbocycles. The Labute approximate surface area is 118 Å². The number of ether oxygens (including phenoxy) is 1. The Morgan fingerprint density at radius 2 is 2.00 bits per heavy atom. The van der Waals surface area contributed by atoms with Crippen molar-refractivity contribution >= 4 is 20.3 Å². The van der Waals surface area contributed by atoms with Gasteiger partial charge in [0.25, 0.3) is 11.8 Å². The maximum absolute atomic E-state index is 11.6. The van der Waals surface area contributed by atoms with Gasteiger partial charge in [-0.3, -0.25) is 19.5 Å². The summed E-state index contributed by atoms with van der Waals surface area (Å²) in [4.78, 5) is 23.0. The molecule has 1 aromatic rings. The lowest BCUT2D eigenvalue weighted by Crippen LogP contribution is -2.38. The van der Waals surface area contributed by atoms with E-state index in [1.807, 2.05) is 0 Å². The second-order valence-corrected chi connectivity index (χ2v) is 5.75. The fourth-order valence-corrected chi connectivity index (χ4v) is 2.23. The number of nitrogens with one attached hydrogen (secondary N) is 1. The Hall–Kier alpha value is -2.00. The van der Waals surface area contributed by atoms with Gasteiger partial charge >= 0.3 is 0 Å². The highest BCUT2D eigenvalue weighted by molar-refractivity contribution is 7.24. The summed E-state index contributed by atoms with van der Waals surface area (Å²) in [6, 6.07) is 4.65. The second-order valence-electron chi connectivity index (χ2n) is 4.76. The van der Waals surface area contributed by atoms with Gasteiger partial charge in [0, 0.05) is 0 Å². The maximum Gasteiger partial charge on any atom is 0.259 e. The minimum Gasteiger partial charge on any atom is -0.482 e. The molecular formula is C14H14NO4P. The summed E-state index contributed by atoms with van der Waals surface area (Å²) in [7, 11) is -0.0587. The van der Waals surface area contributed by atoms with Crippen LogP contribution in [0.25, 0.3) is 0 Å². The van der Waals surface area contributed by atoms with Crippen LogP contribution in [0.4, 0.5) is 0 Å². The zero-order valence-electron chi connectivity index (χ0n) is 11.2. The number of rotatable bonds is 5. The van der Waals surface area contributed by atoms with Crippen molar-refractivity contribution in [3.8, 4) is 5.75 Å². The molecule has 1 unspecified atom stereocenters. The molecular weight excluding hydrogens is 277 g/mol. The largest absolute Gasteiger partial charge is 0.482 e. The summed E-state index contributed by atoms with van der Waals surface area (Å²) < 4.78 is 16.8. The van der Waals surface area contributed by atoms with Crippen molar-refractivity contribution in [3.05, 3.63) is 42.0 Å². The van der Waals surface area contributed by atoms with E-state index in [-0.39, 0.29) is 19.7 Å². The van der Waals surface area contributed by atoms with E-state index in [2.05, 4.69) is 11.9 Å². The third-order valence-corrected chi connectivity index (χ3v) is 4.27. The highest BCUT2D eigenvalue weighted by atomic mass is 31.1. The van der Waals surface area contributed by atoms with Crippen LogP contribution in [0.3, 0.4) is 0 Å². The number of imide groups is 1. The van der Waals surface area contributed by atoms with Crippen LogP contribution in [-0.2, 0) is 4.57 Å². The molecule has 0 saturated heterocycles. The molecule has 0 radical (unpaired) electrons. The van der Waals surface area contributed by atoms with E-state index in [1.165, 1.54) is 12.1 Å². The Balaban J connectivity index is 2.34. The van der Waals surface area contributed by atoms with E-state index < -0.39 is 17.4 Å². The molecule has 1 heterocycles. The van der Waals surface area contributed by atoms with E-state index in [9.17, 15) is 14.2 Å². The number of hydrogen-bond donors (Lipinski definition) is 1. The highest BCUT2D eigenvalue weighted by Crippen LogP contribution is 2.30. The summed E-state index contributed by atoms with van der Waals surface area (Å²) >= 11 is 0. The van der Waals surface area contributed by atoms with E-state index in [0.29, 0.717) is 11.3 Å². The summed E-state index contributed by atoms with van der Waals surface area (Å²) in [5.41, 5.74) is -0.524. The minimum absolute atomic E-state index is 0.0587. The van der Waals surface area contributed by atoms with Crippen molar-refractivity contribution in [1.29, 1.82) is 0 Å². The first-order valence-electron chi connectivity index (χ1n) is 6.06. The topological polar surface area (TPSA) is 72.5 Å². The van der Waals surface area contributed by atoms with Crippen LogP contribution in [0.2, 0.25) is 0 Å². The van der Waals surface area contributed by atoms with Gasteiger partial charge in [-0.15, -0.1) is 0 Å². The quantitative estimate of drug-likeness (QED) is 0.514. The van der Waals surface area contributed by atoms with Crippen LogP contribution in [0.15, 0.2) is 30.9 Å². The standard InChI is InChI=1S/C14H14NO4P/c1-4-14(3,8(2)20-18)19-9-5-6-10-11(7-9)13(17)15-12(10)16/h4-8H,1H2,2-3H3,(H,15,16,17)/t8-,14?/m0/s1. The molecule has 1 N–H and O–H groups in total. The maximum atomic E-state index is 11.6. The van der Waals surface area contributed by atoms with Crippen LogP contribution >= 0.6 is 8.46 Å². The van der Waals surface area contributed by atoms with Crippen molar-refractivity contribution in [3.63, 3.8) is 0 Å². The molecule has 0 bridgehead atoms. The lowest BCUT2D eigenvalue weighted by molar-refractivity contribution is 0.0879. The summed E-state index contributed by atoms with van der Waals surface area (Å²) in [6.07, 6.45) is 1.57. The summed E-state index contributed by atoms with van der Waals surface area (Å²) in [6.45, 7) is 7.22. The number of hydrogen-bond acceptors (Lipinski definition) is 4. The van der Waals surface area contributed by atoms with Crippen LogP contribution in [0, 0.1) is 0 Å². The second kappa shape index (κ2) is 5.17. The molecule has 0 spiro atoms. The first-order chi connectivity index (χ1) is 9.41. The molecule has 1 aliphatic rings. The molecule has 20 heavy (non-hydrogen) atoms. The molecule has 0 aromatic heterocycles. The molecule has 0 saturated carbocycles. The van der Waals surface area contributed by atoms with E-state index >= 15 is 0 Å². The summed E-state index contributed by atoms with van der Waals surface area (Å²) in [5.74, 6) is -0.424. The van der Waals surface area contributed by atoms with Gasteiger partial charge in [-0.25, -0.2) is 0 Å². The normalized spacial score (nSPS) is 18.1. The Kier molecular flexibility index (Phi) is 3.73. The van der Waals surface area contributed by atoms with Crippen molar-refractivity contribution in [1.82, 2.24) is 5.32 Å². The first-order valence-corrected chi connectivity index (χ1v) is 6.94. The number of carbonyl (C=O) groups is 2. The molecule has 5 nitrogen and oxygen atoms in total. The molecule has 2 rings (SSSR count). The lowest BCUT2D eigenvalue weighted by atomic mass is 10.0. The molecule has 0 fully saturated rings. The Morgan fingerprint density at radius 3 is 2.60 bits per heavy atom. The molecule has 6 heteroatoms. The number of benzene rings is 1. The van der Waals surface area contributed by atoms with Gasteiger partial charge < -0.3 is 4.74 Å². The van der Waals surface area contributed by atoms with Gasteiger partial charge in [-0.2, -0.15) is 0 Å². The third kappa shape index (κ3) is 2.37. The minimum atomic E-state index is -0.837. The zero-order chi connectivity index (χ0) is 14.9. The van der Waals surface area contributed by atoms with Crippen molar-refractivity contribution in [2.75, 3.05) is 0 Å². The predicted molar refractivity (Wildman–Crippen MR) is 74.5 cm³/mol. The Bertz CT molecular complexity index is 613. The average molecular weight is 291 g/mol. The Morgan fingerprint density at radius 1 is 1.35 bits per heavy atom. The van der Waals surface area contributed by atoms with E-state index in [0.717, 1.165) is 0 Å². The molecule has 1 aliphatic heterocycles. The van der Waals surface area contributed by atoms with Crippen molar-refractivity contribution in [2.24, 2.45) is 0 Å². The van der Waals surface area contributed by atoms with Gasteiger partial charge in [-0.05, 0) is 38.1 Å². The molecule has 2 atom stereocenters. The smallest absolute Gasteiger partial charge is 0.259 e. The first kappa shape index (κ1) is 14.4. The fraction of sp³-hybridized carbons (Fsp3) is 0.286. The molecule has 104 valence electrons. The number of fused-ring (bicyclic) bond motifs is 1. The molecule has 2 amide bonds. The number of amides is 2. The number of carbonyl (C=O) groups excluding carboxylic acids is 2. The summed E-state index contributed by atoms with van der Waals surface area (Å²) in [5, 5.41) is 2.22. The SMILES string of the molecule is C=CC(C)(Oc1ccc2c(c1)C(=O)NC2=O)[C@H](C)P=O. The lowest BCUT2D eigenvalue weighted by Gasteiger charge is -2.29. The predicted octanol–water partition coefficient (Wildman–Crippen LogP) is 2.57. The van der Waals surface area contributed by atoms with Gasteiger partial charge in [0.1, 0.15) is 11.4 Å². The van der Waals surface area contributed by atoms with Crippen molar-refractivity contribution < 1.29 is 18.9 Å².